The predicted octanol–water partition coefficient (Wildman–Crippen LogP) is 0.770. The number of carbonyl (C=O) groups excluding carboxylic acids is 1. The molecule has 1 N–H and O–H groups in total. The molecule has 0 saturated carbocycles. The quantitative estimate of drug-likeness (QED) is 0.856. The molecule has 0 unspecified atom stereocenters. The van der Waals surface area contributed by atoms with Gasteiger partial charge in [-0.3, -0.25) is 4.79 Å². The molecule has 8 heteroatoms. The first-order valence-electron chi connectivity index (χ1n) is 7.26. The van der Waals surface area contributed by atoms with Gasteiger partial charge >= 0.3 is 0 Å². The lowest BCUT2D eigenvalue weighted by molar-refractivity contribution is 0.0925. The van der Waals surface area contributed by atoms with Gasteiger partial charge in [0, 0.05) is 25.6 Å². The van der Waals surface area contributed by atoms with E-state index in [2.05, 4.69) is 5.32 Å². The van der Waals surface area contributed by atoms with Crippen molar-refractivity contribution in [2.45, 2.75) is 13.0 Å². The van der Waals surface area contributed by atoms with E-state index in [1.165, 1.54) is 39.2 Å². The number of rotatable bonds is 5. The third kappa shape index (κ3) is 4.07. The minimum absolute atomic E-state index is 0.104. The lowest BCUT2D eigenvalue weighted by atomic mass is 10.0. The average Bonchev–Trinajstić information content (AvgIpc) is 2.88. The zero-order valence-electron chi connectivity index (χ0n) is 13.4. The molecule has 2 atom stereocenters. The Balaban J connectivity index is 2.09. The Kier molecular flexibility index (Phi) is 5.38. The molecule has 23 heavy (non-hydrogen) atoms. The lowest BCUT2D eigenvalue weighted by Gasteiger charge is -2.21. The molecule has 1 aromatic carbocycles. The van der Waals surface area contributed by atoms with E-state index in [0.717, 1.165) is 4.31 Å². The summed E-state index contributed by atoms with van der Waals surface area (Å²) in [5.74, 6) is -1.32. The van der Waals surface area contributed by atoms with E-state index in [1.54, 1.807) is 0 Å². The zero-order chi connectivity index (χ0) is 17.2. The van der Waals surface area contributed by atoms with Crippen molar-refractivity contribution in [1.29, 1.82) is 0 Å². The van der Waals surface area contributed by atoms with Crippen LogP contribution >= 0.6 is 0 Å². The minimum Gasteiger partial charge on any atom is -0.379 e. The van der Waals surface area contributed by atoms with Crippen LogP contribution < -0.4 is 5.32 Å². The smallest absolute Gasteiger partial charge is 0.251 e. The molecule has 6 nitrogen and oxygen atoms in total. The maximum atomic E-state index is 13.6. The summed E-state index contributed by atoms with van der Waals surface area (Å²) in [7, 11) is -0.454. The first kappa shape index (κ1) is 17.8. The van der Waals surface area contributed by atoms with Crippen molar-refractivity contribution in [3.05, 3.63) is 35.1 Å². The number of amides is 1. The summed E-state index contributed by atoms with van der Waals surface area (Å²) < 4.78 is 44.0. The van der Waals surface area contributed by atoms with Crippen molar-refractivity contribution in [2.75, 3.05) is 33.1 Å². The standard InChI is InChI=1S/C15H21FN2O4S/c1-10-12(5-4-6-13(10)16)15(19)17-14-8-22-7-11(14)9-23(20,21)18(2)3/h4-6,11,14H,7-9H2,1-3H3,(H,17,19)/t11-,14-/m0/s1. The highest BCUT2D eigenvalue weighted by Gasteiger charge is 2.34. The fourth-order valence-electron chi connectivity index (χ4n) is 2.44. The van der Waals surface area contributed by atoms with Gasteiger partial charge in [-0.05, 0) is 24.6 Å². The number of ether oxygens (including phenoxy) is 1. The molecule has 1 heterocycles. The van der Waals surface area contributed by atoms with Crippen LogP contribution in [0.4, 0.5) is 4.39 Å². The van der Waals surface area contributed by atoms with Gasteiger partial charge in [-0.25, -0.2) is 17.1 Å². The largest absolute Gasteiger partial charge is 0.379 e. The van der Waals surface area contributed by atoms with Crippen LogP contribution in [0.3, 0.4) is 0 Å². The van der Waals surface area contributed by atoms with Crippen LogP contribution in [0.5, 0.6) is 0 Å². The van der Waals surface area contributed by atoms with Crippen molar-refractivity contribution >= 4 is 15.9 Å². The van der Waals surface area contributed by atoms with Crippen LogP contribution in [0, 0.1) is 18.7 Å². The van der Waals surface area contributed by atoms with Gasteiger partial charge in [-0.15, -0.1) is 0 Å². The Hall–Kier alpha value is -1.51. The Morgan fingerprint density at radius 3 is 2.74 bits per heavy atom. The van der Waals surface area contributed by atoms with Gasteiger partial charge in [0.2, 0.25) is 10.0 Å². The van der Waals surface area contributed by atoms with Gasteiger partial charge in [0.25, 0.3) is 5.91 Å². The van der Waals surface area contributed by atoms with Crippen molar-refractivity contribution in [3.63, 3.8) is 0 Å². The number of nitrogens with zero attached hydrogens (tertiary/aromatic N) is 1. The zero-order valence-corrected chi connectivity index (χ0v) is 14.2. The van der Waals surface area contributed by atoms with E-state index in [0.29, 0.717) is 0 Å². The molecule has 0 aromatic heterocycles. The summed E-state index contributed by atoms with van der Waals surface area (Å²) in [5.41, 5.74) is 0.507. The van der Waals surface area contributed by atoms with Gasteiger partial charge in [0.15, 0.2) is 0 Å². The fourth-order valence-corrected chi connectivity index (χ4v) is 3.61. The molecule has 0 bridgehead atoms. The highest BCUT2D eigenvalue weighted by Crippen LogP contribution is 2.19. The second-order valence-electron chi connectivity index (χ2n) is 5.85. The number of hydrogen-bond acceptors (Lipinski definition) is 4. The number of hydrogen-bond donors (Lipinski definition) is 1. The summed E-state index contributed by atoms with van der Waals surface area (Å²) in [4.78, 5) is 12.3. The molecule has 1 fully saturated rings. The summed E-state index contributed by atoms with van der Waals surface area (Å²) >= 11 is 0. The maximum absolute atomic E-state index is 13.6. The van der Waals surface area contributed by atoms with Crippen LogP contribution in [0.25, 0.3) is 0 Å². The van der Waals surface area contributed by atoms with Crippen molar-refractivity contribution in [1.82, 2.24) is 9.62 Å². The Morgan fingerprint density at radius 2 is 2.09 bits per heavy atom. The molecule has 128 valence electrons. The van der Waals surface area contributed by atoms with Crippen molar-refractivity contribution in [2.24, 2.45) is 5.92 Å². The van der Waals surface area contributed by atoms with Crippen LogP contribution in [0.1, 0.15) is 15.9 Å². The van der Waals surface area contributed by atoms with Gasteiger partial charge in [0.05, 0.1) is 25.0 Å². The normalized spacial score (nSPS) is 21.6. The molecule has 2 rings (SSSR count). The van der Waals surface area contributed by atoms with Gasteiger partial charge in [0.1, 0.15) is 5.82 Å². The van der Waals surface area contributed by atoms with E-state index in [1.807, 2.05) is 0 Å². The molecule has 1 aromatic rings. The number of halogens is 1. The molecule has 0 spiro atoms. The molecule has 1 aliphatic heterocycles. The summed E-state index contributed by atoms with van der Waals surface area (Å²) in [5, 5.41) is 2.76. The van der Waals surface area contributed by atoms with Crippen LogP contribution in [-0.4, -0.2) is 57.7 Å². The average molecular weight is 344 g/mol. The SMILES string of the molecule is Cc1c(F)cccc1C(=O)N[C@H]1COC[C@H]1CS(=O)(=O)N(C)C. The minimum atomic E-state index is -3.39. The Morgan fingerprint density at radius 1 is 1.39 bits per heavy atom. The van der Waals surface area contributed by atoms with Crippen molar-refractivity contribution in [3.8, 4) is 0 Å². The molecule has 1 amide bonds. The van der Waals surface area contributed by atoms with E-state index >= 15 is 0 Å². The summed E-state index contributed by atoms with van der Waals surface area (Å²) in [6.45, 7) is 2.04. The molecular weight excluding hydrogens is 323 g/mol. The Labute approximate surface area is 135 Å². The Bertz CT molecular complexity index is 691. The first-order valence-corrected chi connectivity index (χ1v) is 8.87. The second kappa shape index (κ2) is 6.94. The molecule has 0 radical (unpaired) electrons. The van der Waals surface area contributed by atoms with Gasteiger partial charge < -0.3 is 10.1 Å². The number of benzene rings is 1. The van der Waals surface area contributed by atoms with E-state index in [-0.39, 0.29) is 36.0 Å². The third-order valence-electron chi connectivity index (χ3n) is 4.01. The molecular formula is C15H21FN2O4S. The molecule has 1 saturated heterocycles. The first-order chi connectivity index (χ1) is 10.7. The predicted molar refractivity (Wildman–Crippen MR) is 84.2 cm³/mol. The number of sulfonamides is 1. The highest BCUT2D eigenvalue weighted by molar-refractivity contribution is 7.89. The van der Waals surface area contributed by atoms with Gasteiger partial charge in [-0.1, -0.05) is 6.07 Å². The summed E-state index contributed by atoms with van der Waals surface area (Å²) in [6.07, 6.45) is 0. The highest BCUT2D eigenvalue weighted by atomic mass is 32.2. The lowest BCUT2D eigenvalue weighted by Crippen LogP contribution is -2.43. The van der Waals surface area contributed by atoms with Crippen LogP contribution in [-0.2, 0) is 14.8 Å². The second-order valence-corrected chi connectivity index (χ2v) is 8.08. The van der Waals surface area contributed by atoms with Crippen molar-refractivity contribution < 1.29 is 22.3 Å². The van der Waals surface area contributed by atoms with Crippen LogP contribution in [0.15, 0.2) is 18.2 Å². The fraction of sp³-hybridized carbons (Fsp3) is 0.533. The van der Waals surface area contributed by atoms with Crippen LogP contribution in [0.2, 0.25) is 0 Å². The van der Waals surface area contributed by atoms with E-state index in [9.17, 15) is 17.6 Å². The topological polar surface area (TPSA) is 75.7 Å². The number of nitrogens with one attached hydrogen (secondary N) is 1. The number of carbonyl (C=O) groups is 1. The summed E-state index contributed by atoms with van der Waals surface area (Å²) in [6, 6.07) is 3.88. The van der Waals surface area contributed by atoms with E-state index < -0.39 is 27.8 Å². The van der Waals surface area contributed by atoms with Gasteiger partial charge in [-0.2, -0.15) is 0 Å². The third-order valence-corrected chi connectivity index (χ3v) is 5.97. The van der Waals surface area contributed by atoms with E-state index in [4.69, 9.17) is 4.74 Å². The monoisotopic (exact) mass is 344 g/mol. The molecule has 0 aliphatic carbocycles. The molecule has 1 aliphatic rings. The maximum Gasteiger partial charge on any atom is 0.251 e.